The summed E-state index contributed by atoms with van der Waals surface area (Å²) in [4.78, 5) is 23.1. The van der Waals surface area contributed by atoms with Gasteiger partial charge in [0.15, 0.2) is 0 Å². The van der Waals surface area contributed by atoms with Crippen molar-refractivity contribution in [2.45, 2.75) is 13.5 Å². The van der Waals surface area contributed by atoms with Crippen LogP contribution in [0.25, 0.3) is 17.2 Å². The van der Waals surface area contributed by atoms with Gasteiger partial charge in [-0.1, -0.05) is 60.7 Å². The molecule has 0 spiro atoms. The molecule has 28 heavy (non-hydrogen) atoms. The van der Waals surface area contributed by atoms with Gasteiger partial charge in [-0.2, -0.15) is 0 Å². The molecule has 2 N–H and O–H groups in total. The number of amides is 1. The van der Waals surface area contributed by atoms with E-state index in [0.717, 1.165) is 22.3 Å². The second kappa shape index (κ2) is 8.82. The average molecular weight is 371 g/mol. The molecular formula is C24H21NO3. The van der Waals surface area contributed by atoms with Crippen LogP contribution in [0.2, 0.25) is 0 Å². The fourth-order valence-electron chi connectivity index (χ4n) is 2.82. The molecule has 0 atom stereocenters. The van der Waals surface area contributed by atoms with E-state index >= 15 is 0 Å². The molecule has 0 unspecified atom stereocenters. The van der Waals surface area contributed by atoms with Crippen molar-refractivity contribution in [3.8, 4) is 11.1 Å². The molecule has 0 saturated carbocycles. The lowest BCUT2D eigenvalue weighted by molar-refractivity contribution is -0.132. The molecule has 4 heteroatoms. The minimum atomic E-state index is -0.922. The summed E-state index contributed by atoms with van der Waals surface area (Å²) < 4.78 is 0. The molecule has 0 aliphatic heterocycles. The van der Waals surface area contributed by atoms with Crippen LogP contribution in [-0.2, 0) is 11.3 Å². The number of carbonyl (C=O) groups is 2. The van der Waals surface area contributed by atoms with Crippen LogP contribution in [0.15, 0.2) is 84.4 Å². The average Bonchev–Trinajstić information content (AvgIpc) is 2.73. The van der Waals surface area contributed by atoms with E-state index in [0.29, 0.717) is 17.7 Å². The number of carboxylic acid groups (broad SMARTS) is 1. The lowest BCUT2D eigenvalue weighted by Crippen LogP contribution is -2.22. The molecule has 0 radical (unpaired) electrons. The minimum absolute atomic E-state index is 0.101. The van der Waals surface area contributed by atoms with Gasteiger partial charge in [0.1, 0.15) is 0 Å². The number of nitrogens with one attached hydrogen (secondary N) is 1. The standard InChI is InChI=1S/C24H21NO3/c1-17(24(27)28)14-18-10-12-20(13-11-18)22-9-5-6-19(15-22)16-25-23(26)21-7-3-2-4-8-21/h2-15H,16H2,1H3,(H,25,26)(H,27,28)/b17-14+. The molecule has 0 bridgehead atoms. The molecule has 3 aromatic rings. The number of rotatable bonds is 6. The summed E-state index contributed by atoms with van der Waals surface area (Å²) in [6, 6.07) is 24.8. The quantitative estimate of drug-likeness (QED) is 0.613. The number of hydrogen-bond donors (Lipinski definition) is 2. The number of aliphatic carboxylic acids is 1. The third kappa shape index (κ3) is 4.95. The highest BCUT2D eigenvalue weighted by molar-refractivity contribution is 5.94. The van der Waals surface area contributed by atoms with Crippen LogP contribution < -0.4 is 5.32 Å². The number of benzene rings is 3. The third-order valence-corrected chi connectivity index (χ3v) is 4.38. The molecule has 140 valence electrons. The Morgan fingerprint density at radius 3 is 2.29 bits per heavy atom. The van der Waals surface area contributed by atoms with Crippen LogP contribution >= 0.6 is 0 Å². The zero-order valence-electron chi connectivity index (χ0n) is 15.6. The fraction of sp³-hybridized carbons (Fsp3) is 0.0833. The summed E-state index contributed by atoms with van der Waals surface area (Å²) in [6.45, 7) is 2.02. The van der Waals surface area contributed by atoms with Gasteiger partial charge in [0.2, 0.25) is 0 Å². The lowest BCUT2D eigenvalue weighted by atomic mass is 10.0. The highest BCUT2D eigenvalue weighted by atomic mass is 16.4. The molecule has 3 rings (SSSR count). The molecule has 3 aromatic carbocycles. The topological polar surface area (TPSA) is 66.4 Å². The summed E-state index contributed by atoms with van der Waals surface area (Å²) in [6.07, 6.45) is 1.64. The Hall–Kier alpha value is -3.66. The van der Waals surface area contributed by atoms with Gasteiger partial charge in [-0.05, 0) is 53.5 Å². The molecule has 0 fully saturated rings. The SMILES string of the molecule is C/C(=C\c1ccc(-c2cccc(CNC(=O)c3ccccc3)c2)cc1)C(=O)O. The Kier molecular flexibility index (Phi) is 6.02. The monoisotopic (exact) mass is 371 g/mol. The van der Waals surface area contributed by atoms with Crippen molar-refractivity contribution in [2.24, 2.45) is 0 Å². The Morgan fingerprint density at radius 1 is 0.893 bits per heavy atom. The van der Waals surface area contributed by atoms with Gasteiger partial charge in [0.05, 0.1) is 0 Å². The first-order valence-corrected chi connectivity index (χ1v) is 8.97. The Morgan fingerprint density at radius 2 is 1.61 bits per heavy atom. The highest BCUT2D eigenvalue weighted by Crippen LogP contribution is 2.22. The maximum atomic E-state index is 12.2. The smallest absolute Gasteiger partial charge is 0.331 e. The molecule has 0 aliphatic carbocycles. The Labute approximate surface area is 164 Å². The molecule has 0 saturated heterocycles. The van der Waals surface area contributed by atoms with Crippen LogP contribution in [0.5, 0.6) is 0 Å². The van der Waals surface area contributed by atoms with Crippen molar-refractivity contribution in [1.29, 1.82) is 0 Å². The third-order valence-electron chi connectivity index (χ3n) is 4.38. The van der Waals surface area contributed by atoms with Gasteiger partial charge in [0.25, 0.3) is 5.91 Å². The van der Waals surface area contributed by atoms with E-state index in [9.17, 15) is 9.59 Å². The normalized spacial score (nSPS) is 11.1. The Bertz CT molecular complexity index is 1010. The Balaban J connectivity index is 1.70. The number of hydrogen-bond acceptors (Lipinski definition) is 2. The minimum Gasteiger partial charge on any atom is -0.478 e. The van der Waals surface area contributed by atoms with Crippen LogP contribution in [0, 0.1) is 0 Å². The van der Waals surface area contributed by atoms with Crippen molar-refractivity contribution >= 4 is 18.0 Å². The van der Waals surface area contributed by atoms with Crippen LogP contribution in [0.1, 0.15) is 28.4 Å². The fourth-order valence-corrected chi connectivity index (χ4v) is 2.82. The molecule has 0 heterocycles. The second-order valence-electron chi connectivity index (χ2n) is 6.50. The number of carbonyl (C=O) groups excluding carboxylic acids is 1. The summed E-state index contributed by atoms with van der Waals surface area (Å²) in [5, 5.41) is 11.9. The van der Waals surface area contributed by atoms with E-state index in [1.165, 1.54) is 0 Å². The lowest BCUT2D eigenvalue weighted by Gasteiger charge is -2.08. The largest absolute Gasteiger partial charge is 0.478 e. The van der Waals surface area contributed by atoms with E-state index in [2.05, 4.69) is 5.32 Å². The first kappa shape index (κ1) is 19.1. The summed E-state index contributed by atoms with van der Waals surface area (Å²) in [5.41, 5.74) is 4.85. The van der Waals surface area contributed by atoms with E-state index in [-0.39, 0.29) is 5.91 Å². The van der Waals surface area contributed by atoms with E-state index in [1.54, 1.807) is 25.1 Å². The zero-order chi connectivity index (χ0) is 19.9. The maximum Gasteiger partial charge on any atom is 0.331 e. The highest BCUT2D eigenvalue weighted by Gasteiger charge is 2.05. The van der Waals surface area contributed by atoms with E-state index in [4.69, 9.17) is 5.11 Å². The van der Waals surface area contributed by atoms with Gasteiger partial charge >= 0.3 is 5.97 Å². The predicted molar refractivity (Wildman–Crippen MR) is 111 cm³/mol. The first-order valence-electron chi connectivity index (χ1n) is 8.97. The molecule has 4 nitrogen and oxygen atoms in total. The molecule has 1 amide bonds. The van der Waals surface area contributed by atoms with Crippen LogP contribution in [0.3, 0.4) is 0 Å². The number of carboxylic acids is 1. The van der Waals surface area contributed by atoms with Gasteiger partial charge in [-0.15, -0.1) is 0 Å². The van der Waals surface area contributed by atoms with Crippen molar-refractivity contribution in [3.63, 3.8) is 0 Å². The van der Waals surface area contributed by atoms with E-state index in [1.807, 2.05) is 66.7 Å². The van der Waals surface area contributed by atoms with Crippen molar-refractivity contribution in [3.05, 3.63) is 101 Å². The predicted octanol–water partition coefficient (Wildman–Crippen LogP) is 4.77. The molecule has 0 aromatic heterocycles. The summed E-state index contributed by atoms with van der Waals surface area (Å²) in [5.74, 6) is -1.02. The first-order chi connectivity index (χ1) is 13.5. The van der Waals surface area contributed by atoms with Gasteiger partial charge in [-0.25, -0.2) is 4.79 Å². The van der Waals surface area contributed by atoms with E-state index < -0.39 is 5.97 Å². The van der Waals surface area contributed by atoms with Gasteiger partial charge in [0, 0.05) is 17.7 Å². The zero-order valence-corrected chi connectivity index (χ0v) is 15.6. The summed E-state index contributed by atoms with van der Waals surface area (Å²) >= 11 is 0. The van der Waals surface area contributed by atoms with Crippen molar-refractivity contribution in [1.82, 2.24) is 5.32 Å². The molecular weight excluding hydrogens is 350 g/mol. The summed E-state index contributed by atoms with van der Waals surface area (Å²) in [7, 11) is 0. The second-order valence-corrected chi connectivity index (χ2v) is 6.50. The van der Waals surface area contributed by atoms with Crippen LogP contribution in [-0.4, -0.2) is 17.0 Å². The van der Waals surface area contributed by atoms with Crippen molar-refractivity contribution in [2.75, 3.05) is 0 Å². The van der Waals surface area contributed by atoms with Gasteiger partial charge in [-0.3, -0.25) is 4.79 Å². The van der Waals surface area contributed by atoms with Crippen LogP contribution in [0.4, 0.5) is 0 Å². The molecule has 0 aliphatic rings. The maximum absolute atomic E-state index is 12.2. The van der Waals surface area contributed by atoms with Gasteiger partial charge < -0.3 is 10.4 Å². The van der Waals surface area contributed by atoms with Crippen molar-refractivity contribution < 1.29 is 14.7 Å².